The third-order valence-corrected chi connectivity index (χ3v) is 3.74. The molecule has 7 nitrogen and oxygen atoms in total. The van der Waals surface area contributed by atoms with Gasteiger partial charge in [-0.1, -0.05) is 6.07 Å². The van der Waals surface area contributed by atoms with Gasteiger partial charge in [0.25, 0.3) is 5.69 Å². The van der Waals surface area contributed by atoms with Gasteiger partial charge in [-0.15, -0.1) is 0 Å². The average molecular weight is 359 g/mol. The van der Waals surface area contributed by atoms with Crippen molar-refractivity contribution in [3.8, 4) is 5.75 Å². The number of non-ortho nitro benzene ring substituents is 1. The van der Waals surface area contributed by atoms with Crippen molar-refractivity contribution in [2.24, 2.45) is 0 Å². The molecular weight excluding hydrogens is 334 g/mol. The molecule has 0 atom stereocenters. The number of aliphatic hydroxyl groups excluding tert-OH is 1. The lowest BCUT2D eigenvalue weighted by atomic mass is 10.1. The SMILES string of the molecule is Cc1cc(C)cc(OCCCNc2cc([N+](=O)[O-])ccc2NCCO)c1. The molecule has 26 heavy (non-hydrogen) atoms. The molecule has 0 saturated heterocycles. The monoisotopic (exact) mass is 359 g/mol. The van der Waals surface area contributed by atoms with Crippen LogP contribution in [0, 0.1) is 24.0 Å². The van der Waals surface area contributed by atoms with Crippen LogP contribution in [0.3, 0.4) is 0 Å². The standard InChI is InChI=1S/C19H25N3O4/c1-14-10-15(2)12-17(11-14)26-9-3-6-20-19-13-16(22(24)25)4-5-18(19)21-7-8-23/h4-5,10-13,20-21,23H,3,6-9H2,1-2H3. The van der Waals surface area contributed by atoms with Gasteiger partial charge in [0.05, 0.1) is 29.5 Å². The van der Waals surface area contributed by atoms with E-state index in [1.165, 1.54) is 12.1 Å². The predicted molar refractivity (Wildman–Crippen MR) is 103 cm³/mol. The molecule has 2 aromatic rings. The van der Waals surface area contributed by atoms with Gasteiger partial charge in [-0.25, -0.2) is 0 Å². The van der Waals surface area contributed by atoms with Crippen LogP contribution in [-0.4, -0.2) is 36.3 Å². The van der Waals surface area contributed by atoms with E-state index in [0.29, 0.717) is 25.4 Å². The highest BCUT2D eigenvalue weighted by Crippen LogP contribution is 2.27. The second-order valence-electron chi connectivity index (χ2n) is 6.09. The summed E-state index contributed by atoms with van der Waals surface area (Å²) in [7, 11) is 0. The molecule has 3 N–H and O–H groups in total. The van der Waals surface area contributed by atoms with Crippen molar-refractivity contribution in [2.75, 3.05) is 36.9 Å². The van der Waals surface area contributed by atoms with E-state index in [4.69, 9.17) is 9.84 Å². The zero-order valence-corrected chi connectivity index (χ0v) is 15.1. The summed E-state index contributed by atoms with van der Waals surface area (Å²) in [5.74, 6) is 0.850. The second-order valence-corrected chi connectivity index (χ2v) is 6.09. The summed E-state index contributed by atoms with van der Waals surface area (Å²) in [5.41, 5.74) is 3.70. The average Bonchev–Trinajstić information content (AvgIpc) is 2.59. The Morgan fingerprint density at radius 2 is 1.73 bits per heavy atom. The molecule has 2 aromatic carbocycles. The molecule has 0 spiro atoms. The molecule has 140 valence electrons. The maximum atomic E-state index is 11.0. The second kappa shape index (κ2) is 9.62. The summed E-state index contributed by atoms with van der Waals surface area (Å²) in [4.78, 5) is 10.5. The highest BCUT2D eigenvalue weighted by molar-refractivity contribution is 5.71. The van der Waals surface area contributed by atoms with Crippen LogP contribution < -0.4 is 15.4 Å². The maximum Gasteiger partial charge on any atom is 0.271 e. The molecule has 0 saturated carbocycles. The van der Waals surface area contributed by atoms with E-state index in [9.17, 15) is 10.1 Å². The Morgan fingerprint density at radius 1 is 1.04 bits per heavy atom. The van der Waals surface area contributed by atoms with E-state index >= 15 is 0 Å². The quantitative estimate of drug-likeness (QED) is 0.341. The molecule has 0 radical (unpaired) electrons. The first-order valence-electron chi connectivity index (χ1n) is 8.57. The minimum absolute atomic E-state index is 0.0137. The summed E-state index contributed by atoms with van der Waals surface area (Å²) < 4.78 is 5.77. The fraction of sp³-hybridized carbons (Fsp3) is 0.368. The van der Waals surface area contributed by atoms with Crippen LogP contribution in [0.4, 0.5) is 17.1 Å². The summed E-state index contributed by atoms with van der Waals surface area (Å²) >= 11 is 0. The minimum atomic E-state index is -0.426. The zero-order chi connectivity index (χ0) is 18.9. The van der Waals surface area contributed by atoms with Gasteiger partial charge in [-0.2, -0.15) is 0 Å². The molecular formula is C19H25N3O4. The number of nitrogens with one attached hydrogen (secondary N) is 2. The lowest BCUT2D eigenvalue weighted by Crippen LogP contribution is -2.11. The number of aryl methyl sites for hydroxylation is 2. The van der Waals surface area contributed by atoms with Gasteiger partial charge in [-0.3, -0.25) is 10.1 Å². The minimum Gasteiger partial charge on any atom is -0.494 e. The highest BCUT2D eigenvalue weighted by atomic mass is 16.6. The predicted octanol–water partition coefficient (Wildman–Crippen LogP) is 3.50. The van der Waals surface area contributed by atoms with Gasteiger partial charge in [0.2, 0.25) is 0 Å². The van der Waals surface area contributed by atoms with Crippen molar-refractivity contribution in [3.05, 3.63) is 57.6 Å². The number of benzene rings is 2. The number of anilines is 2. The van der Waals surface area contributed by atoms with Crippen LogP contribution in [0.1, 0.15) is 17.5 Å². The summed E-state index contributed by atoms with van der Waals surface area (Å²) in [6, 6.07) is 10.7. The largest absolute Gasteiger partial charge is 0.494 e. The van der Waals surface area contributed by atoms with Crippen molar-refractivity contribution in [3.63, 3.8) is 0 Å². The first-order chi connectivity index (χ1) is 12.5. The molecule has 0 aliphatic carbocycles. The van der Waals surface area contributed by atoms with Gasteiger partial charge >= 0.3 is 0 Å². The van der Waals surface area contributed by atoms with Crippen LogP contribution in [0.5, 0.6) is 5.75 Å². The first kappa shape index (κ1) is 19.5. The van der Waals surface area contributed by atoms with E-state index in [1.807, 2.05) is 26.0 Å². The molecule has 7 heteroatoms. The Hall–Kier alpha value is -2.80. The normalized spacial score (nSPS) is 10.4. The maximum absolute atomic E-state index is 11.0. The van der Waals surface area contributed by atoms with E-state index in [0.717, 1.165) is 29.0 Å². The van der Waals surface area contributed by atoms with E-state index in [-0.39, 0.29) is 12.3 Å². The third kappa shape index (κ3) is 5.93. The van der Waals surface area contributed by atoms with Crippen molar-refractivity contribution >= 4 is 17.1 Å². The molecule has 0 bridgehead atoms. The summed E-state index contributed by atoms with van der Waals surface area (Å²) in [5, 5.41) is 26.2. The van der Waals surface area contributed by atoms with Gasteiger partial charge in [0.15, 0.2) is 0 Å². The van der Waals surface area contributed by atoms with Crippen molar-refractivity contribution in [1.29, 1.82) is 0 Å². The molecule has 2 rings (SSSR count). The molecule has 0 amide bonds. The molecule has 0 aromatic heterocycles. The zero-order valence-electron chi connectivity index (χ0n) is 15.1. The smallest absolute Gasteiger partial charge is 0.271 e. The lowest BCUT2D eigenvalue weighted by Gasteiger charge is -2.14. The molecule has 0 heterocycles. The Morgan fingerprint density at radius 3 is 2.38 bits per heavy atom. The van der Waals surface area contributed by atoms with Gasteiger partial charge in [-0.05, 0) is 49.6 Å². The van der Waals surface area contributed by atoms with Crippen LogP contribution in [0.25, 0.3) is 0 Å². The fourth-order valence-electron chi connectivity index (χ4n) is 2.64. The van der Waals surface area contributed by atoms with Crippen LogP contribution in [0.2, 0.25) is 0 Å². The summed E-state index contributed by atoms with van der Waals surface area (Å²) in [6.45, 7) is 5.59. The number of rotatable bonds is 10. The molecule has 0 unspecified atom stereocenters. The molecule has 0 aliphatic rings. The molecule has 0 aliphatic heterocycles. The number of hydrogen-bond acceptors (Lipinski definition) is 6. The van der Waals surface area contributed by atoms with Crippen molar-refractivity contribution in [1.82, 2.24) is 0 Å². The number of nitro benzene ring substituents is 1. The van der Waals surface area contributed by atoms with Gasteiger partial charge in [0, 0.05) is 25.2 Å². The summed E-state index contributed by atoms with van der Waals surface area (Å²) in [6.07, 6.45) is 0.745. The highest BCUT2D eigenvalue weighted by Gasteiger charge is 2.10. The van der Waals surface area contributed by atoms with E-state index in [2.05, 4.69) is 16.7 Å². The van der Waals surface area contributed by atoms with Crippen LogP contribution in [0.15, 0.2) is 36.4 Å². The number of hydrogen-bond donors (Lipinski definition) is 3. The third-order valence-electron chi connectivity index (χ3n) is 3.74. The first-order valence-corrected chi connectivity index (χ1v) is 8.57. The van der Waals surface area contributed by atoms with E-state index < -0.39 is 4.92 Å². The van der Waals surface area contributed by atoms with Crippen molar-refractivity contribution < 1.29 is 14.8 Å². The Bertz CT molecular complexity index is 729. The Balaban J connectivity index is 1.89. The van der Waals surface area contributed by atoms with Crippen molar-refractivity contribution in [2.45, 2.75) is 20.3 Å². The lowest BCUT2D eigenvalue weighted by molar-refractivity contribution is -0.384. The number of ether oxygens (including phenoxy) is 1. The number of nitro groups is 1. The van der Waals surface area contributed by atoms with Crippen LogP contribution >= 0.6 is 0 Å². The molecule has 0 fully saturated rings. The van der Waals surface area contributed by atoms with Gasteiger partial charge < -0.3 is 20.5 Å². The Labute approximate surface area is 153 Å². The topological polar surface area (TPSA) is 96.7 Å². The van der Waals surface area contributed by atoms with Gasteiger partial charge in [0.1, 0.15) is 5.75 Å². The number of nitrogens with zero attached hydrogens (tertiary/aromatic N) is 1. The fourth-order valence-corrected chi connectivity index (χ4v) is 2.64. The van der Waals surface area contributed by atoms with E-state index in [1.54, 1.807) is 6.07 Å². The van der Waals surface area contributed by atoms with Crippen LogP contribution in [-0.2, 0) is 0 Å². The Kier molecular flexibility index (Phi) is 7.23. The number of aliphatic hydroxyl groups is 1.